The van der Waals surface area contributed by atoms with Crippen LogP contribution >= 0.6 is 0 Å². The first-order valence-corrected chi connectivity index (χ1v) is 11.0. The van der Waals surface area contributed by atoms with Gasteiger partial charge in [-0.25, -0.2) is 0 Å². The molecule has 0 aliphatic carbocycles. The first-order valence-electron chi connectivity index (χ1n) is 11.0. The lowest BCUT2D eigenvalue weighted by molar-refractivity contribution is 0.101. The molecular weight excluding hydrogens is 414 g/mol. The van der Waals surface area contributed by atoms with Gasteiger partial charge in [0.25, 0.3) is 0 Å². The molecule has 5 nitrogen and oxygen atoms in total. The van der Waals surface area contributed by atoms with Crippen molar-refractivity contribution in [2.75, 3.05) is 27.2 Å². The largest absolute Gasteiger partial charge is 0.492 e. The number of allylic oxidation sites excluding steroid dienone is 1. The van der Waals surface area contributed by atoms with E-state index in [2.05, 4.69) is 11.0 Å². The molecule has 0 fully saturated rings. The monoisotopic (exact) mass is 439 g/mol. The predicted molar refractivity (Wildman–Crippen MR) is 129 cm³/mol. The van der Waals surface area contributed by atoms with E-state index in [9.17, 15) is 4.79 Å². The summed E-state index contributed by atoms with van der Waals surface area (Å²) >= 11 is 0. The van der Waals surface area contributed by atoms with Crippen LogP contribution in [0.5, 0.6) is 11.5 Å². The van der Waals surface area contributed by atoms with E-state index < -0.39 is 0 Å². The summed E-state index contributed by atoms with van der Waals surface area (Å²) in [5.74, 6) is 1.66. The Hall–Kier alpha value is -3.83. The molecule has 4 aromatic rings. The van der Waals surface area contributed by atoms with Gasteiger partial charge in [0.05, 0.1) is 6.26 Å². The second-order valence-electron chi connectivity index (χ2n) is 8.33. The van der Waals surface area contributed by atoms with Crippen LogP contribution in [-0.2, 0) is 6.42 Å². The SMILES string of the molecule is CN(C)CCOc1ccc(C(=O)c2oc3cc4c(cc3c2-c2ccccc2)CC=CO4)cc1. The molecule has 1 aliphatic rings. The number of furan rings is 1. The fourth-order valence-electron chi connectivity index (χ4n) is 3.97. The highest BCUT2D eigenvalue weighted by molar-refractivity contribution is 6.15. The lowest BCUT2D eigenvalue weighted by atomic mass is 9.96. The highest BCUT2D eigenvalue weighted by atomic mass is 16.5. The molecular formula is C28H25NO4. The number of rotatable bonds is 7. The van der Waals surface area contributed by atoms with Crippen LogP contribution in [0.25, 0.3) is 22.1 Å². The van der Waals surface area contributed by atoms with Gasteiger partial charge in [-0.3, -0.25) is 4.79 Å². The summed E-state index contributed by atoms with van der Waals surface area (Å²) in [6, 6.07) is 21.1. The van der Waals surface area contributed by atoms with E-state index >= 15 is 0 Å². The minimum Gasteiger partial charge on any atom is -0.492 e. The van der Waals surface area contributed by atoms with E-state index in [-0.39, 0.29) is 5.78 Å². The summed E-state index contributed by atoms with van der Waals surface area (Å²) in [5, 5.41) is 0.908. The molecule has 33 heavy (non-hydrogen) atoms. The highest BCUT2D eigenvalue weighted by Gasteiger charge is 2.25. The number of hydrogen-bond acceptors (Lipinski definition) is 5. The van der Waals surface area contributed by atoms with Crippen LogP contribution in [0.4, 0.5) is 0 Å². The maximum absolute atomic E-state index is 13.6. The van der Waals surface area contributed by atoms with E-state index in [1.54, 1.807) is 18.4 Å². The zero-order valence-corrected chi connectivity index (χ0v) is 18.7. The molecule has 0 atom stereocenters. The van der Waals surface area contributed by atoms with Crippen LogP contribution in [0.1, 0.15) is 21.7 Å². The Morgan fingerprint density at radius 2 is 1.82 bits per heavy atom. The molecule has 0 spiro atoms. The van der Waals surface area contributed by atoms with Gasteiger partial charge in [-0.2, -0.15) is 0 Å². The van der Waals surface area contributed by atoms with Crippen LogP contribution in [0.3, 0.4) is 0 Å². The van der Waals surface area contributed by atoms with Gasteiger partial charge >= 0.3 is 0 Å². The maximum Gasteiger partial charge on any atom is 0.228 e. The summed E-state index contributed by atoms with van der Waals surface area (Å²) in [4.78, 5) is 15.6. The van der Waals surface area contributed by atoms with Gasteiger partial charge < -0.3 is 18.8 Å². The number of hydrogen-bond donors (Lipinski definition) is 0. The molecule has 0 N–H and O–H groups in total. The summed E-state index contributed by atoms with van der Waals surface area (Å²) in [6.07, 6.45) is 4.44. The summed E-state index contributed by atoms with van der Waals surface area (Å²) in [6.45, 7) is 1.41. The van der Waals surface area contributed by atoms with Gasteiger partial charge in [-0.15, -0.1) is 0 Å². The topological polar surface area (TPSA) is 51.9 Å². The van der Waals surface area contributed by atoms with Crippen LogP contribution < -0.4 is 9.47 Å². The molecule has 0 saturated carbocycles. The van der Waals surface area contributed by atoms with Crippen molar-refractivity contribution in [3.05, 3.63) is 96.0 Å². The second kappa shape index (κ2) is 8.96. The van der Waals surface area contributed by atoms with E-state index in [0.717, 1.165) is 46.5 Å². The van der Waals surface area contributed by atoms with Crippen LogP contribution in [-0.4, -0.2) is 37.9 Å². The standard InChI is InChI=1S/C28H25NO4/c1-29(2)14-16-31-22-12-10-20(11-13-22)27(30)28-26(19-7-4-3-5-8-19)23-17-21-9-6-15-32-24(21)18-25(23)33-28/h3-8,10-13,15,17-18H,9,14,16H2,1-2H3. The Morgan fingerprint density at radius 1 is 1.03 bits per heavy atom. The normalized spacial score (nSPS) is 12.6. The number of benzene rings is 3. The average molecular weight is 440 g/mol. The van der Waals surface area contributed by atoms with E-state index in [1.807, 2.05) is 68.7 Å². The Balaban J connectivity index is 1.54. The molecule has 166 valence electrons. The van der Waals surface area contributed by atoms with Crippen molar-refractivity contribution in [3.63, 3.8) is 0 Å². The summed E-state index contributed by atoms with van der Waals surface area (Å²) < 4.78 is 17.6. The molecule has 1 aromatic heterocycles. The fraction of sp³-hybridized carbons (Fsp3) is 0.179. The smallest absolute Gasteiger partial charge is 0.228 e. The molecule has 1 aliphatic heterocycles. The van der Waals surface area contributed by atoms with Crippen molar-refractivity contribution in [2.24, 2.45) is 0 Å². The molecule has 5 heteroatoms. The molecule has 3 aromatic carbocycles. The quantitative estimate of drug-likeness (QED) is 0.345. The van der Waals surface area contributed by atoms with Crippen molar-refractivity contribution >= 4 is 16.8 Å². The van der Waals surface area contributed by atoms with Gasteiger partial charge in [-0.1, -0.05) is 30.3 Å². The maximum atomic E-state index is 13.6. The first-order chi connectivity index (χ1) is 16.1. The van der Waals surface area contributed by atoms with E-state index in [1.165, 1.54) is 0 Å². The second-order valence-corrected chi connectivity index (χ2v) is 8.33. The summed E-state index contributed by atoms with van der Waals surface area (Å²) in [5.41, 5.74) is 4.00. The Bertz CT molecular complexity index is 1320. The van der Waals surface area contributed by atoms with Crippen LogP contribution in [0.2, 0.25) is 0 Å². The van der Waals surface area contributed by atoms with E-state index in [4.69, 9.17) is 13.9 Å². The average Bonchev–Trinajstić information content (AvgIpc) is 3.21. The molecule has 5 rings (SSSR count). The number of nitrogens with zero attached hydrogens (tertiary/aromatic N) is 1. The van der Waals surface area contributed by atoms with Gasteiger partial charge in [0.2, 0.25) is 5.78 Å². The number of ether oxygens (including phenoxy) is 2. The third kappa shape index (κ3) is 4.28. The third-order valence-corrected chi connectivity index (χ3v) is 5.69. The van der Waals surface area contributed by atoms with Gasteiger partial charge in [0.1, 0.15) is 23.7 Å². The Kier molecular flexibility index (Phi) is 5.71. The molecule has 0 unspecified atom stereocenters. The molecule has 2 heterocycles. The van der Waals surface area contributed by atoms with E-state index in [0.29, 0.717) is 23.5 Å². The Morgan fingerprint density at radius 3 is 2.58 bits per heavy atom. The lowest BCUT2D eigenvalue weighted by Crippen LogP contribution is -2.19. The number of carbonyl (C=O) groups excluding carboxylic acids is 1. The lowest BCUT2D eigenvalue weighted by Gasteiger charge is -2.11. The predicted octanol–water partition coefficient (Wildman–Crippen LogP) is 5.72. The number of carbonyl (C=O) groups is 1. The van der Waals surface area contributed by atoms with Crippen molar-refractivity contribution in [1.29, 1.82) is 0 Å². The minimum atomic E-state index is -0.165. The summed E-state index contributed by atoms with van der Waals surface area (Å²) in [7, 11) is 4.00. The molecule has 0 amide bonds. The van der Waals surface area contributed by atoms with Crippen LogP contribution in [0.15, 0.2) is 83.5 Å². The van der Waals surface area contributed by atoms with Gasteiger partial charge in [0.15, 0.2) is 5.76 Å². The van der Waals surface area contributed by atoms with Gasteiger partial charge in [-0.05, 0) is 68.1 Å². The zero-order chi connectivity index (χ0) is 22.8. The first kappa shape index (κ1) is 21.0. The minimum absolute atomic E-state index is 0.165. The van der Waals surface area contributed by atoms with Crippen molar-refractivity contribution in [1.82, 2.24) is 4.90 Å². The molecule has 0 saturated heterocycles. The van der Waals surface area contributed by atoms with Crippen molar-refractivity contribution in [3.8, 4) is 22.6 Å². The highest BCUT2D eigenvalue weighted by Crippen LogP contribution is 2.40. The molecule has 0 bridgehead atoms. The number of ketones is 1. The number of fused-ring (bicyclic) bond motifs is 2. The fourth-order valence-corrected chi connectivity index (χ4v) is 3.97. The molecule has 0 radical (unpaired) electrons. The van der Waals surface area contributed by atoms with Crippen molar-refractivity contribution in [2.45, 2.75) is 6.42 Å². The van der Waals surface area contributed by atoms with Crippen LogP contribution in [0, 0.1) is 0 Å². The zero-order valence-electron chi connectivity index (χ0n) is 18.7. The number of likely N-dealkylation sites (N-methyl/N-ethyl adjacent to an activating group) is 1. The van der Waals surface area contributed by atoms with Crippen molar-refractivity contribution < 1.29 is 18.7 Å². The van der Waals surface area contributed by atoms with Gasteiger partial charge in [0, 0.05) is 29.1 Å². The Labute approximate surface area is 192 Å². The third-order valence-electron chi connectivity index (χ3n) is 5.69.